The van der Waals surface area contributed by atoms with Crippen molar-refractivity contribution < 1.29 is 18.0 Å². The Morgan fingerprint density at radius 2 is 2.00 bits per heavy atom. The predicted molar refractivity (Wildman–Crippen MR) is 76.6 cm³/mol. The van der Waals surface area contributed by atoms with Gasteiger partial charge in [0.15, 0.2) is 4.75 Å². The van der Waals surface area contributed by atoms with E-state index in [-0.39, 0.29) is 11.3 Å². The number of benzene rings is 1. The predicted octanol–water partition coefficient (Wildman–Crippen LogP) is 3.10. The number of thioether (sulfide) groups is 1. The topological polar surface area (TPSA) is 58.7 Å². The van der Waals surface area contributed by atoms with E-state index in [4.69, 9.17) is 17.3 Å². The number of hydrogen-bond donors (Lipinski definition) is 1. The van der Waals surface area contributed by atoms with Crippen LogP contribution in [-0.4, -0.2) is 40.5 Å². The minimum Gasteiger partial charge on any atom is -0.350 e. The minimum absolute atomic E-state index is 0.245. The molecule has 2 amide bonds. The van der Waals surface area contributed by atoms with Gasteiger partial charge in [-0.05, 0) is 24.0 Å². The molecule has 1 aromatic rings. The van der Waals surface area contributed by atoms with Crippen LogP contribution in [0.1, 0.15) is 5.56 Å². The van der Waals surface area contributed by atoms with Crippen LogP contribution in [0.2, 0.25) is 5.02 Å². The zero-order valence-corrected chi connectivity index (χ0v) is 12.4. The summed E-state index contributed by atoms with van der Waals surface area (Å²) in [6.07, 6.45) is -3.27. The molecular formula is C12H11ClF3N3OS. The number of hydrogen-bond acceptors (Lipinski definition) is 3. The van der Waals surface area contributed by atoms with Crippen LogP contribution in [0.25, 0.3) is 0 Å². The molecule has 0 radical (unpaired) electrons. The molecule has 0 aromatic heterocycles. The molecule has 1 aliphatic rings. The van der Waals surface area contributed by atoms with Gasteiger partial charge < -0.3 is 5.73 Å². The molecule has 114 valence electrons. The summed E-state index contributed by atoms with van der Waals surface area (Å²) in [6, 6.07) is 4.77. The number of nitrogens with two attached hydrogens (primary N) is 1. The Labute approximate surface area is 128 Å². The maximum absolute atomic E-state index is 13.6. The third-order valence-electron chi connectivity index (χ3n) is 3.15. The monoisotopic (exact) mass is 337 g/mol. The highest BCUT2D eigenvalue weighted by atomic mass is 35.5. The molecule has 0 bridgehead atoms. The van der Waals surface area contributed by atoms with Crippen molar-refractivity contribution in [2.24, 2.45) is 10.8 Å². The van der Waals surface area contributed by atoms with E-state index in [9.17, 15) is 18.0 Å². The van der Waals surface area contributed by atoms with Crippen molar-refractivity contribution >= 4 is 35.1 Å². The summed E-state index contributed by atoms with van der Waals surface area (Å²) >= 11 is 6.32. The number of nitrogens with zero attached hydrogens (tertiary/aromatic N) is 2. The molecule has 0 saturated heterocycles. The van der Waals surface area contributed by atoms with Gasteiger partial charge in [0.2, 0.25) is 0 Å². The number of hydrazone groups is 1. The summed E-state index contributed by atoms with van der Waals surface area (Å²) in [4.78, 5) is 11.2. The van der Waals surface area contributed by atoms with Crippen LogP contribution in [0, 0.1) is 0 Å². The lowest BCUT2D eigenvalue weighted by molar-refractivity contribution is -0.142. The van der Waals surface area contributed by atoms with Gasteiger partial charge in [0.25, 0.3) is 0 Å². The molecule has 1 aromatic carbocycles. The van der Waals surface area contributed by atoms with Crippen LogP contribution in [0.5, 0.6) is 0 Å². The second-order valence-corrected chi connectivity index (χ2v) is 5.92. The van der Waals surface area contributed by atoms with Gasteiger partial charge in [-0.3, -0.25) is 0 Å². The van der Waals surface area contributed by atoms with Gasteiger partial charge in [0.1, 0.15) is 0 Å². The largest absolute Gasteiger partial charge is 0.410 e. The number of carbonyl (C=O) groups excluding carboxylic acids is 1. The van der Waals surface area contributed by atoms with Crippen LogP contribution < -0.4 is 5.73 Å². The summed E-state index contributed by atoms with van der Waals surface area (Å²) in [5.74, 6) is 0. The smallest absolute Gasteiger partial charge is 0.350 e. The van der Waals surface area contributed by atoms with Crippen LogP contribution in [0.4, 0.5) is 18.0 Å². The number of halogens is 4. The van der Waals surface area contributed by atoms with E-state index in [1.54, 1.807) is 0 Å². The van der Waals surface area contributed by atoms with Crippen molar-refractivity contribution in [3.63, 3.8) is 0 Å². The summed E-state index contributed by atoms with van der Waals surface area (Å²) in [6.45, 7) is -0.648. The number of amides is 2. The number of alkyl halides is 3. The molecule has 1 unspecified atom stereocenters. The Morgan fingerprint density at radius 3 is 2.43 bits per heavy atom. The Hall–Kier alpha value is -1.41. The molecule has 1 aliphatic heterocycles. The van der Waals surface area contributed by atoms with Gasteiger partial charge in [0.05, 0.1) is 12.3 Å². The average molecular weight is 338 g/mol. The van der Waals surface area contributed by atoms with Crippen molar-refractivity contribution in [1.82, 2.24) is 5.01 Å². The fraction of sp³-hybridized carbons (Fsp3) is 0.333. The van der Waals surface area contributed by atoms with Crippen molar-refractivity contribution in [3.05, 3.63) is 34.9 Å². The first-order valence-corrected chi connectivity index (χ1v) is 7.35. The standard InChI is InChI=1S/C12H11ClF3N3OS/c1-21-11(12(14,15)16)6-19(10(17)20)18-9(11)7-2-4-8(13)5-3-7/h2-5H,6H2,1H3,(H2,17,20). The zero-order chi connectivity index (χ0) is 15.8. The lowest BCUT2D eigenvalue weighted by Crippen LogP contribution is -2.52. The van der Waals surface area contributed by atoms with Gasteiger partial charge >= 0.3 is 12.2 Å². The second-order valence-electron chi connectivity index (χ2n) is 4.38. The molecule has 0 aliphatic carbocycles. The highest BCUT2D eigenvalue weighted by Crippen LogP contribution is 2.46. The molecule has 1 heterocycles. The first-order valence-electron chi connectivity index (χ1n) is 5.75. The number of urea groups is 1. The first-order chi connectivity index (χ1) is 9.71. The van der Waals surface area contributed by atoms with E-state index in [2.05, 4.69) is 5.10 Å². The molecular weight excluding hydrogens is 327 g/mol. The molecule has 2 N–H and O–H groups in total. The van der Waals surface area contributed by atoms with Crippen molar-refractivity contribution in [2.45, 2.75) is 10.9 Å². The van der Waals surface area contributed by atoms with Crippen molar-refractivity contribution in [3.8, 4) is 0 Å². The Morgan fingerprint density at radius 1 is 1.43 bits per heavy atom. The average Bonchev–Trinajstić information content (AvgIpc) is 2.80. The Balaban J connectivity index is 2.57. The van der Waals surface area contributed by atoms with Gasteiger partial charge in [-0.1, -0.05) is 23.7 Å². The molecule has 2 rings (SSSR count). The molecule has 9 heteroatoms. The Kier molecular flexibility index (Phi) is 4.12. The fourth-order valence-corrected chi connectivity index (χ4v) is 3.01. The quantitative estimate of drug-likeness (QED) is 0.901. The lowest BCUT2D eigenvalue weighted by Gasteiger charge is -2.30. The third kappa shape index (κ3) is 2.69. The van der Waals surface area contributed by atoms with E-state index < -0.39 is 23.5 Å². The van der Waals surface area contributed by atoms with Gasteiger partial charge in [0, 0.05) is 5.02 Å². The summed E-state index contributed by atoms with van der Waals surface area (Å²) in [5.41, 5.74) is 5.06. The number of rotatable bonds is 2. The molecule has 0 saturated carbocycles. The fourth-order valence-electron chi connectivity index (χ4n) is 2.05. The highest BCUT2D eigenvalue weighted by molar-refractivity contribution is 8.00. The SMILES string of the molecule is CSC1(C(F)(F)F)CN(C(N)=O)N=C1c1ccc(Cl)cc1. The van der Waals surface area contributed by atoms with E-state index in [1.807, 2.05) is 0 Å². The lowest BCUT2D eigenvalue weighted by atomic mass is 9.96. The van der Waals surface area contributed by atoms with E-state index in [1.165, 1.54) is 30.5 Å². The Bertz CT molecular complexity index is 590. The van der Waals surface area contributed by atoms with Crippen LogP contribution in [0.3, 0.4) is 0 Å². The van der Waals surface area contributed by atoms with E-state index >= 15 is 0 Å². The van der Waals surface area contributed by atoms with Crippen LogP contribution in [0.15, 0.2) is 29.4 Å². The number of primary amides is 1. The summed E-state index contributed by atoms with van der Waals surface area (Å²) in [5, 5.41) is 4.80. The van der Waals surface area contributed by atoms with Gasteiger partial charge in [-0.2, -0.15) is 18.3 Å². The van der Waals surface area contributed by atoms with Crippen molar-refractivity contribution in [1.29, 1.82) is 0 Å². The normalized spacial score (nSPS) is 22.3. The van der Waals surface area contributed by atoms with Gasteiger partial charge in [-0.15, -0.1) is 11.8 Å². The first kappa shape index (κ1) is 16.0. The third-order valence-corrected chi connectivity index (χ3v) is 4.66. The van der Waals surface area contributed by atoms with Crippen molar-refractivity contribution in [2.75, 3.05) is 12.8 Å². The van der Waals surface area contributed by atoms with E-state index in [0.29, 0.717) is 21.8 Å². The van der Waals surface area contributed by atoms with Crippen LogP contribution in [-0.2, 0) is 0 Å². The zero-order valence-electron chi connectivity index (χ0n) is 10.8. The number of carbonyl (C=O) groups is 1. The molecule has 0 spiro atoms. The maximum Gasteiger partial charge on any atom is 0.410 e. The molecule has 21 heavy (non-hydrogen) atoms. The summed E-state index contributed by atoms with van der Waals surface area (Å²) < 4.78 is 38.4. The highest BCUT2D eigenvalue weighted by Gasteiger charge is 2.62. The molecule has 4 nitrogen and oxygen atoms in total. The second kappa shape index (κ2) is 5.42. The molecule has 1 atom stereocenters. The van der Waals surface area contributed by atoms with Gasteiger partial charge in [-0.25, -0.2) is 9.80 Å². The molecule has 0 fully saturated rings. The van der Waals surface area contributed by atoms with E-state index in [0.717, 1.165) is 0 Å². The summed E-state index contributed by atoms with van der Waals surface area (Å²) in [7, 11) is 0. The minimum atomic E-state index is -4.59. The van der Waals surface area contributed by atoms with Crippen LogP contribution >= 0.6 is 23.4 Å². The maximum atomic E-state index is 13.6.